The number of urea groups is 1. The minimum atomic E-state index is -1.07. The van der Waals surface area contributed by atoms with E-state index < -0.39 is 24.0 Å². The molecule has 1 aromatic rings. The Morgan fingerprint density at radius 1 is 1.00 bits per heavy atom. The van der Waals surface area contributed by atoms with Crippen molar-refractivity contribution in [3.05, 3.63) is 34.9 Å². The predicted molar refractivity (Wildman–Crippen MR) is 92.1 cm³/mol. The predicted octanol–water partition coefficient (Wildman–Crippen LogP) is 2.93. The van der Waals surface area contributed by atoms with Crippen LogP contribution in [0.15, 0.2) is 18.2 Å². The molecule has 0 heterocycles. The molecule has 0 aliphatic heterocycles. The number of esters is 1. The summed E-state index contributed by atoms with van der Waals surface area (Å²) in [6.45, 7) is 9.59. The van der Waals surface area contributed by atoms with Crippen molar-refractivity contribution in [2.75, 3.05) is 7.05 Å². The van der Waals surface area contributed by atoms with Gasteiger partial charge < -0.3 is 10.1 Å². The van der Waals surface area contributed by atoms with Crippen LogP contribution in [0.2, 0.25) is 0 Å². The van der Waals surface area contributed by atoms with Crippen LogP contribution in [0, 0.1) is 0 Å². The molecule has 0 fully saturated rings. The number of hydrogen-bond acceptors (Lipinski definition) is 4. The molecule has 132 valence electrons. The van der Waals surface area contributed by atoms with E-state index in [1.54, 1.807) is 6.07 Å². The number of rotatable bonds is 5. The van der Waals surface area contributed by atoms with E-state index in [1.165, 1.54) is 14.0 Å². The second-order valence-corrected chi connectivity index (χ2v) is 6.27. The summed E-state index contributed by atoms with van der Waals surface area (Å²) in [5.74, 6) is -0.757. The Bertz CT molecular complexity index is 623. The summed E-state index contributed by atoms with van der Waals surface area (Å²) in [7, 11) is 1.39. The van der Waals surface area contributed by atoms with Gasteiger partial charge in [0, 0.05) is 7.05 Å². The first-order chi connectivity index (χ1) is 11.2. The monoisotopic (exact) mass is 334 g/mol. The van der Waals surface area contributed by atoms with Crippen LogP contribution in [-0.2, 0) is 9.53 Å². The van der Waals surface area contributed by atoms with E-state index in [0.29, 0.717) is 11.5 Å². The maximum Gasteiger partial charge on any atom is 0.339 e. The normalized spacial score (nSPS) is 12.0. The van der Waals surface area contributed by atoms with E-state index in [9.17, 15) is 14.4 Å². The van der Waals surface area contributed by atoms with E-state index >= 15 is 0 Å². The molecular formula is C18H26N2O4. The van der Waals surface area contributed by atoms with Crippen molar-refractivity contribution in [3.8, 4) is 0 Å². The van der Waals surface area contributed by atoms with Crippen molar-refractivity contribution in [2.45, 2.75) is 52.6 Å². The van der Waals surface area contributed by atoms with Crippen LogP contribution < -0.4 is 10.6 Å². The quantitative estimate of drug-likeness (QED) is 0.811. The molecule has 0 unspecified atom stereocenters. The third-order valence-corrected chi connectivity index (χ3v) is 3.70. The molecule has 6 nitrogen and oxygen atoms in total. The third kappa shape index (κ3) is 5.08. The molecule has 24 heavy (non-hydrogen) atoms. The van der Waals surface area contributed by atoms with Gasteiger partial charge in [-0.15, -0.1) is 0 Å². The summed E-state index contributed by atoms with van der Waals surface area (Å²) in [6, 6.07) is 4.98. The fraction of sp³-hybridized carbons (Fsp3) is 0.500. The summed E-state index contributed by atoms with van der Waals surface area (Å²) < 4.78 is 5.20. The lowest BCUT2D eigenvalue weighted by Gasteiger charge is -2.17. The average molecular weight is 334 g/mol. The summed E-state index contributed by atoms with van der Waals surface area (Å²) in [4.78, 5) is 35.4. The molecule has 0 spiro atoms. The fourth-order valence-corrected chi connectivity index (χ4v) is 2.16. The van der Waals surface area contributed by atoms with E-state index in [4.69, 9.17) is 4.74 Å². The lowest BCUT2D eigenvalue weighted by molar-refractivity contribution is -0.127. The van der Waals surface area contributed by atoms with Gasteiger partial charge in [-0.2, -0.15) is 0 Å². The van der Waals surface area contributed by atoms with Gasteiger partial charge in [-0.3, -0.25) is 10.1 Å². The highest BCUT2D eigenvalue weighted by Gasteiger charge is 2.23. The maximum atomic E-state index is 12.4. The second kappa shape index (κ2) is 8.47. The van der Waals surface area contributed by atoms with Crippen LogP contribution in [0.25, 0.3) is 0 Å². The van der Waals surface area contributed by atoms with Gasteiger partial charge in [-0.05, 0) is 36.0 Å². The SMILES string of the molecule is CNC(=O)NC(=O)[C@H](C)OC(=O)c1ccc(C(C)C)cc1C(C)C. The van der Waals surface area contributed by atoms with Crippen LogP contribution in [-0.4, -0.2) is 31.1 Å². The first-order valence-corrected chi connectivity index (χ1v) is 8.04. The van der Waals surface area contributed by atoms with Crippen LogP contribution >= 0.6 is 0 Å². The summed E-state index contributed by atoms with van der Waals surface area (Å²) in [5.41, 5.74) is 2.46. The van der Waals surface area contributed by atoms with Gasteiger partial charge in [0.05, 0.1) is 5.56 Å². The smallest absolute Gasteiger partial charge is 0.339 e. The van der Waals surface area contributed by atoms with Crippen molar-refractivity contribution in [2.24, 2.45) is 0 Å². The van der Waals surface area contributed by atoms with Crippen molar-refractivity contribution >= 4 is 17.9 Å². The third-order valence-electron chi connectivity index (χ3n) is 3.70. The van der Waals surface area contributed by atoms with Crippen LogP contribution in [0.3, 0.4) is 0 Å². The minimum Gasteiger partial charge on any atom is -0.449 e. The van der Waals surface area contributed by atoms with Crippen molar-refractivity contribution in [1.82, 2.24) is 10.6 Å². The maximum absolute atomic E-state index is 12.4. The Hall–Kier alpha value is -2.37. The lowest BCUT2D eigenvalue weighted by atomic mass is 9.91. The molecule has 0 aromatic heterocycles. The number of hydrogen-bond donors (Lipinski definition) is 2. The molecule has 1 atom stereocenters. The molecule has 1 rings (SSSR count). The molecule has 0 saturated heterocycles. The first kappa shape index (κ1) is 19.7. The molecule has 0 aliphatic carbocycles. The lowest BCUT2D eigenvalue weighted by Crippen LogP contribution is -2.43. The number of imide groups is 1. The molecule has 1 aromatic carbocycles. The standard InChI is InChI=1S/C18H26N2O4/c1-10(2)13-7-8-14(15(9-13)11(3)4)17(22)24-12(5)16(21)20-18(23)19-6/h7-12H,1-6H3,(H2,19,20,21,23)/t12-/m0/s1. The molecule has 0 bridgehead atoms. The Morgan fingerprint density at radius 3 is 2.12 bits per heavy atom. The highest BCUT2D eigenvalue weighted by Crippen LogP contribution is 2.25. The number of nitrogens with one attached hydrogen (secondary N) is 2. The zero-order valence-corrected chi connectivity index (χ0v) is 15.1. The molecular weight excluding hydrogens is 308 g/mol. The van der Waals surface area contributed by atoms with Gasteiger partial charge in [-0.25, -0.2) is 9.59 Å². The Morgan fingerprint density at radius 2 is 1.62 bits per heavy atom. The number of carbonyl (C=O) groups excluding carboxylic acids is 3. The zero-order valence-electron chi connectivity index (χ0n) is 15.1. The topological polar surface area (TPSA) is 84.5 Å². The largest absolute Gasteiger partial charge is 0.449 e. The number of carbonyl (C=O) groups is 3. The van der Waals surface area contributed by atoms with E-state index in [1.807, 2.05) is 26.0 Å². The summed E-state index contributed by atoms with van der Waals surface area (Å²) in [6.07, 6.45) is -1.07. The zero-order chi connectivity index (χ0) is 18.4. The van der Waals surface area contributed by atoms with Gasteiger partial charge in [-0.1, -0.05) is 39.8 Å². The van der Waals surface area contributed by atoms with Crippen LogP contribution in [0.1, 0.15) is 67.9 Å². The fourth-order valence-electron chi connectivity index (χ4n) is 2.16. The number of amides is 3. The van der Waals surface area contributed by atoms with Crippen LogP contribution in [0.5, 0.6) is 0 Å². The van der Waals surface area contributed by atoms with Gasteiger partial charge in [0.2, 0.25) is 0 Å². The van der Waals surface area contributed by atoms with Crippen LogP contribution in [0.4, 0.5) is 4.79 Å². The molecule has 0 aliphatic rings. The Balaban J connectivity index is 2.94. The Labute approximate surface area is 143 Å². The van der Waals surface area contributed by atoms with Crippen molar-refractivity contribution in [1.29, 1.82) is 0 Å². The second-order valence-electron chi connectivity index (χ2n) is 6.27. The van der Waals surface area contributed by atoms with E-state index in [0.717, 1.165) is 11.1 Å². The summed E-state index contributed by atoms with van der Waals surface area (Å²) >= 11 is 0. The number of benzene rings is 1. The highest BCUT2D eigenvalue weighted by atomic mass is 16.5. The molecule has 6 heteroatoms. The van der Waals surface area contributed by atoms with Gasteiger partial charge in [0.1, 0.15) is 0 Å². The van der Waals surface area contributed by atoms with E-state index in [2.05, 4.69) is 24.5 Å². The molecule has 0 radical (unpaired) electrons. The minimum absolute atomic E-state index is 0.140. The first-order valence-electron chi connectivity index (χ1n) is 8.04. The van der Waals surface area contributed by atoms with Crippen molar-refractivity contribution < 1.29 is 19.1 Å². The van der Waals surface area contributed by atoms with Gasteiger partial charge in [0.15, 0.2) is 6.10 Å². The van der Waals surface area contributed by atoms with E-state index in [-0.39, 0.29) is 5.92 Å². The van der Waals surface area contributed by atoms with Crippen molar-refractivity contribution in [3.63, 3.8) is 0 Å². The molecule has 3 amide bonds. The van der Waals surface area contributed by atoms with Gasteiger partial charge >= 0.3 is 12.0 Å². The number of ether oxygens (including phenoxy) is 1. The molecule has 0 saturated carbocycles. The highest BCUT2D eigenvalue weighted by molar-refractivity contribution is 5.98. The van der Waals surface area contributed by atoms with Gasteiger partial charge in [0.25, 0.3) is 5.91 Å². The molecule has 2 N–H and O–H groups in total. The summed E-state index contributed by atoms with van der Waals surface area (Å²) in [5, 5.41) is 4.35. The Kier molecular flexibility index (Phi) is 6.95. The average Bonchev–Trinajstić information content (AvgIpc) is 2.53.